The standard InChI is InChI=1S/C13H19BrOS/c1-2-10-4-3-7-13(15,8-5-10)12-11(14)6-9-16-12/h6,9-10,15H,2-5,7-8H2,1H3. The van der Waals surface area contributed by atoms with Gasteiger partial charge in [0, 0.05) is 4.47 Å². The zero-order chi connectivity index (χ0) is 11.6. The summed E-state index contributed by atoms with van der Waals surface area (Å²) in [5, 5.41) is 12.8. The maximum atomic E-state index is 10.8. The number of rotatable bonds is 2. The van der Waals surface area contributed by atoms with Gasteiger partial charge in [-0.05, 0) is 59.0 Å². The summed E-state index contributed by atoms with van der Waals surface area (Å²) in [7, 11) is 0. The molecule has 2 rings (SSSR count). The van der Waals surface area contributed by atoms with Crippen LogP contribution in [-0.4, -0.2) is 5.11 Å². The number of hydrogen-bond donors (Lipinski definition) is 1. The zero-order valence-corrected chi connectivity index (χ0v) is 12.1. The third-order valence-electron chi connectivity index (χ3n) is 3.79. The van der Waals surface area contributed by atoms with Gasteiger partial charge in [0.1, 0.15) is 0 Å². The molecule has 0 saturated heterocycles. The lowest BCUT2D eigenvalue weighted by Gasteiger charge is -2.26. The summed E-state index contributed by atoms with van der Waals surface area (Å²) in [5.74, 6) is 0.813. The average Bonchev–Trinajstić information content (AvgIpc) is 2.60. The summed E-state index contributed by atoms with van der Waals surface area (Å²) >= 11 is 5.22. The molecule has 1 aliphatic rings. The van der Waals surface area contributed by atoms with Gasteiger partial charge in [-0.1, -0.05) is 19.8 Å². The number of halogens is 1. The Bertz CT molecular complexity index is 349. The Morgan fingerprint density at radius 1 is 1.50 bits per heavy atom. The van der Waals surface area contributed by atoms with E-state index < -0.39 is 5.60 Å². The molecule has 1 fully saturated rings. The molecule has 0 bridgehead atoms. The second-order valence-electron chi connectivity index (χ2n) is 4.83. The third kappa shape index (κ3) is 2.52. The second-order valence-corrected chi connectivity index (χ2v) is 6.60. The van der Waals surface area contributed by atoms with Gasteiger partial charge in [0.2, 0.25) is 0 Å². The first-order valence-corrected chi connectivity index (χ1v) is 7.79. The monoisotopic (exact) mass is 302 g/mol. The number of aliphatic hydroxyl groups is 1. The molecule has 1 nitrogen and oxygen atoms in total. The van der Waals surface area contributed by atoms with Crippen LogP contribution in [0, 0.1) is 5.92 Å². The van der Waals surface area contributed by atoms with Crippen LogP contribution in [0.4, 0.5) is 0 Å². The van der Waals surface area contributed by atoms with Crippen molar-refractivity contribution in [1.82, 2.24) is 0 Å². The summed E-state index contributed by atoms with van der Waals surface area (Å²) in [6.07, 6.45) is 6.69. The summed E-state index contributed by atoms with van der Waals surface area (Å²) in [6, 6.07) is 2.04. The lowest BCUT2D eigenvalue weighted by Crippen LogP contribution is -2.23. The highest BCUT2D eigenvalue weighted by atomic mass is 79.9. The topological polar surface area (TPSA) is 20.2 Å². The molecular weight excluding hydrogens is 284 g/mol. The Morgan fingerprint density at radius 3 is 2.94 bits per heavy atom. The Labute approximate surface area is 110 Å². The first-order valence-electron chi connectivity index (χ1n) is 6.11. The molecule has 90 valence electrons. The Kier molecular flexibility index (Phi) is 4.09. The SMILES string of the molecule is CCC1CCCC(O)(c2sccc2Br)CC1. The van der Waals surface area contributed by atoms with Crippen LogP contribution in [0.15, 0.2) is 15.9 Å². The Morgan fingerprint density at radius 2 is 2.31 bits per heavy atom. The first-order chi connectivity index (χ1) is 7.65. The normalized spacial score (nSPS) is 31.3. The molecule has 0 radical (unpaired) electrons. The van der Waals surface area contributed by atoms with Crippen molar-refractivity contribution in [2.45, 2.75) is 51.0 Å². The molecule has 0 aromatic carbocycles. The van der Waals surface area contributed by atoms with E-state index in [1.165, 1.54) is 12.8 Å². The van der Waals surface area contributed by atoms with E-state index in [0.717, 1.165) is 41.0 Å². The summed E-state index contributed by atoms with van der Waals surface area (Å²) < 4.78 is 1.08. The number of thiophene rings is 1. The predicted octanol–water partition coefficient (Wildman–Crippen LogP) is 4.69. The maximum Gasteiger partial charge on any atom is 0.0999 e. The second kappa shape index (κ2) is 5.19. The van der Waals surface area contributed by atoms with E-state index >= 15 is 0 Å². The molecule has 2 unspecified atom stereocenters. The fraction of sp³-hybridized carbons (Fsp3) is 0.692. The van der Waals surface area contributed by atoms with Gasteiger partial charge in [0.25, 0.3) is 0 Å². The molecule has 0 aliphatic heterocycles. The molecule has 16 heavy (non-hydrogen) atoms. The van der Waals surface area contributed by atoms with Crippen LogP contribution in [0.5, 0.6) is 0 Å². The van der Waals surface area contributed by atoms with Gasteiger partial charge in [-0.15, -0.1) is 11.3 Å². The van der Waals surface area contributed by atoms with Crippen molar-refractivity contribution in [2.75, 3.05) is 0 Å². The highest BCUT2D eigenvalue weighted by Crippen LogP contribution is 2.43. The number of hydrogen-bond acceptors (Lipinski definition) is 2. The van der Waals surface area contributed by atoms with E-state index in [1.54, 1.807) is 11.3 Å². The van der Waals surface area contributed by atoms with Crippen LogP contribution in [-0.2, 0) is 5.60 Å². The quantitative estimate of drug-likeness (QED) is 0.786. The molecule has 1 aromatic heterocycles. The van der Waals surface area contributed by atoms with E-state index in [4.69, 9.17) is 0 Å². The molecule has 1 N–H and O–H groups in total. The fourth-order valence-corrected chi connectivity index (χ4v) is 4.56. The Hall–Kier alpha value is 0.140. The van der Waals surface area contributed by atoms with Crippen molar-refractivity contribution in [1.29, 1.82) is 0 Å². The molecule has 1 heterocycles. The van der Waals surface area contributed by atoms with E-state index in [2.05, 4.69) is 28.2 Å². The first kappa shape index (κ1) is 12.6. The lowest BCUT2D eigenvalue weighted by molar-refractivity contribution is 0.0226. The summed E-state index contributed by atoms with van der Waals surface area (Å²) in [4.78, 5) is 1.13. The molecule has 3 heteroatoms. The van der Waals surface area contributed by atoms with Crippen molar-refractivity contribution in [3.8, 4) is 0 Å². The van der Waals surface area contributed by atoms with Gasteiger partial charge in [-0.3, -0.25) is 0 Å². The van der Waals surface area contributed by atoms with Crippen LogP contribution in [0.3, 0.4) is 0 Å². The van der Waals surface area contributed by atoms with Crippen LogP contribution >= 0.6 is 27.3 Å². The van der Waals surface area contributed by atoms with E-state index in [1.807, 2.05) is 6.07 Å². The minimum Gasteiger partial charge on any atom is -0.384 e. The van der Waals surface area contributed by atoms with Gasteiger partial charge >= 0.3 is 0 Å². The molecule has 0 amide bonds. The van der Waals surface area contributed by atoms with Crippen LogP contribution in [0.25, 0.3) is 0 Å². The van der Waals surface area contributed by atoms with Crippen LogP contribution in [0.1, 0.15) is 50.3 Å². The van der Waals surface area contributed by atoms with Crippen molar-refractivity contribution in [3.63, 3.8) is 0 Å². The fourth-order valence-electron chi connectivity index (χ4n) is 2.66. The third-order valence-corrected chi connectivity index (χ3v) is 5.82. The highest BCUT2D eigenvalue weighted by Gasteiger charge is 2.34. The molecule has 1 saturated carbocycles. The lowest BCUT2D eigenvalue weighted by atomic mass is 9.91. The van der Waals surface area contributed by atoms with Crippen LogP contribution in [0.2, 0.25) is 0 Å². The van der Waals surface area contributed by atoms with E-state index in [0.29, 0.717) is 0 Å². The van der Waals surface area contributed by atoms with Crippen molar-refractivity contribution < 1.29 is 5.11 Å². The molecule has 2 atom stereocenters. The molecule has 0 spiro atoms. The minimum atomic E-state index is -0.572. The van der Waals surface area contributed by atoms with Gasteiger partial charge in [0.15, 0.2) is 0 Å². The zero-order valence-electron chi connectivity index (χ0n) is 9.71. The Balaban J connectivity index is 2.16. The maximum absolute atomic E-state index is 10.8. The van der Waals surface area contributed by atoms with E-state index in [-0.39, 0.29) is 0 Å². The van der Waals surface area contributed by atoms with Gasteiger partial charge in [-0.25, -0.2) is 0 Å². The summed E-state index contributed by atoms with van der Waals surface area (Å²) in [5.41, 5.74) is -0.572. The molecular formula is C13H19BrOS. The van der Waals surface area contributed by atoms with Gasteiger partial charge in [-0.2, -0.15) is 0 Å². The summed E-state index contributed by atoms with van der Waals surface area (Å²) in [6.45, 7) is 2.26. The minimum absolute atomic E-state index is 0.572. The van der Waals surface area contributed by atoms with Crippen molar-refractivity contribution >= 4 is 27.3 Å². The average molecular weight is 303 g/mol. The van der Waals surface area contributed by atoms with E-state index in [9.17, 15) is 5.11 Å². The van der Waals surface area contributed by atoms with Crippen LogP contribution < -0.4 is 0 Å². The predicted molar refractivity (Wildman–Crippen MR) is 72.8 cm³/mol. The van der Waals surface area contributed by atoms with Crippen molar-refractivity contribution in [3.05, 3.63) is 20.8 Å². The van der Waals surface area contributed by atoms with Gasteiger partial charge in [0.05, 0.1) is 10.5 Å². The van der Waals surface area contributed by atoms with Crippen molar-refractivity contribution in [2.24, 2.45) is 5.92 Å². The molecule has 1 aromatic rings. The largest absolute Gasteiger partial charge is 0.384 e. The smallest absolute Gasteiger partial charge is 0.0999 e. The highest BCUT2D eigenvalue weighted by molar-refractivity contribution is 9.10. The molecule has 1 aliphatic carbocycles. The van der Waals surface area contributed by atoms with Gasteiger partial charge < -0.3 is 5.11 Å².